The van der Waals surface area contributed by atoms with E-state index in [1.54, 1.807) is 25.7 Å². The van der Waals surface area contributed by atoms with Gasteiger partial charge in [-0.25, -0.2) is 22.3 Å². The second-order valence-electron chi connectivity index (χ2n) is 16.7. The first-order valence-corrected chi connectivity index (χ1v) is 20.8. The third-order valence-electron chi connectivity index (χ3n) is 10.1. The Bertz CT molecular complexity index is 1830. The number of hydrogen-bond acceptors (Lipinski definition) is 9. The zero-order valence-corrected chi connectivity index (χ0v) is 35.2. The van der Waals surface area contributed by atoms with E-state index in [-0.39, 0.29) is 38.9 Å². The largest absolute Gasteiger partial charge is 0.444 e. The number of Topliss-reactive ketones (excluding diaryl/α,β-unsaturated/α-hetero) is 1. The van der Waals surface area contributed by atoms with Crippen LogP contribution in [0.25, 0.3) is 0 Å². The van der Waals surface area contributed by atoms with Crippen molar-refractivity contribution >= 4 is 45.7 Å². The van der Waals surface area contributed by atoms with E-state index in [1.807, 2.05) is 45.0 Å². The zero-order chi connectivity index (χ0) is 42.9. The van der Waals surface area contributed by atoms with E-state index in [2.05, 4.69) is 33.8 Å². The molecular formula is C40H59N7O9S. The number of rotatable bonds is 15. The fraction of sp³-hybridized carbons (Fsp3) is 0.600. The van der Waals surface area contributed by atoms with Crippen LogP contribution in [0.1, 0.15) is 71.9 Å². The Labute approximate surface area is 336 Å². The van der Waals surface area contributed by atoms with Gasteiger partial charge in [0.25, 0.3) is 5.91 Å². The number of sulfonamides is 1. The lowest BCUT2D eigenvalue weighted by molar-refractivity contribution is -0.143. The average Bonchev–Trinajstić information content (AvgIpc) is 3.55. The fourth-order valence-corrected chi connectivity index (χ4v) is 6.91. The number of ether oxygens (including phenoxy) is 1. The highest BCUT2D eigenvalue weighted by Gasteiger charge is 2.47. The molecule has 0 saturated carbocycles. The van der Waals surface area contributed by atoms with Crippen molar-refractivity contribution in [3.05, 3.63) is 48.0 Å². The molecule has 6 amide bonds. The number of carbonyl (C=O) groups excluding carboxylic acids is 6. The van der Waals surface area contributed by atoms with E-state index in [4.69, 9.17) is 11.2 Å². The molecule has 314 valence electrons. The van der Waals surface area contributed by atoms with Crippen LogP contribution >= 0.6 is 0 Å². The fourth-order valence-electron chi connectivity index (χ4n) is 6.49. The molecule has 0 aromatic heterocycles. The van der Waals surface area contributed by atoms with E-state index in [9.17, 15) is 37.2 Å². The van der Waals surface area contributed by atoms with Gasteiger partial charge in [-0.3, -0.25) is 19.2 Å². The summed E-state index contributed by atoms with van der Waals surface area (Å²) in [5.74, 6) is -0.939. The first kappa shape index (κ1) is 46.4. The number of nitrogens with one attached hydrogen (secondary N) is 4. The molecule has 5 atom stereocenters. The van der Waals surface area contributed by atoms with Crippen molar-refractivity contribution < 1.29 is 41.9 Å². The molecule has 3 rings (SSSR count). The number of amides is 6. The van der Waals surface area contributed by atoms with Gasteiger partial charge in [0, 0.05) is 52.1 Å². The van der Waals surface area contributed by atoms with Crippen LogP contribution in [-0.2, 0) is 46.9 Å². The van der Waals surface area contributed by atoms with Crippen molar-refractivity contribution in [2.75, 3.05) is 39.5 Å². The number of hydrogen-bond donors (Lipinski definition) is 4. The van der Waals surface area contributed by atoms with E-state index < -0.39 is 86.8 Å². The first-order chi connectivity index (χ1) is 26.5. The molecule has 1 aromatic carbocycles. The van der Waals surface area contributed by atoms with Gasteiger partial charge >= 0.3 is 12.1 Å². The maximum Gasteiger partial charge on any atom is 0.410 e. The van der Waals surface area contributed by atoms with Crippen LogP contribution < -0.4 is 21.3 Å². The zero-order valence-electron chi connectivity index (χ0n) is 34.3. The molecule has 3 unspecified atom stereocenters. The third kappa shape index (κ3) is 13.0. The monoisotopic (exact) mass is 813 g/mol. The number of urea groups is 1. The molecule has 2 heterocycles. The Balaban J connectivity index is 1.92. The Hall–Kier alpha value is -4.95. The molecule has 1 fully saturated rings. The Kier molecular flexibility index (Phi) is 15.9. The SMILES string of the molecule is C#CCCC(NC(=O)[C@@H]1C[C@@H](OC(=O)N2CCc3ccccc3C2)CN1C(=O)C(NC(=O)NC(CN(C)S(C)(=O)=O)C(C)(C)C)C(C)(C)C)C(=O)C(=O)NCC=C. The highest BCUT2D eigenvalue weighted by Crippen LogP contribution is 2.29. The van der Waals surface area contributed by atoms with Gasteiger partial charge in [-0.1, -0.05) is 71.9 Å². The molecule has 0 bridgehead atoms. The van der Waals surface area contributed by atoms with E-state index >= 15 is 0 Å². The van der Waals surface area contributed by atoms with Crippen molar-refractivity contribution in [2.24, 2.45) is 10.8 Å². The Morgan fingerprint density at radius 3 is 2.26 bits per heavy atom. The van der Waals surface area contributed by atoms with Crippen molar-refractivity contribution in [3.63, 3.8) is 0 Å². The second kappa shape index (κ2) is 19.5. The maximum absolute atomic E-state index is 14.6. The predicted octanol–water partition coefficient (Wildman–Crippen LogP) is 1.94. The van der Waals surface area contributed by atoms with Crippen LogP contribution in [-0.4, -0.2) is 128 Å². The molecule has 2 aliphatic heterocycles. The lowest BCUT2D eigenvalue weighted by atomic mass is 9.85. The molecule has 0 spiro atoms. The van der Waals surface area contributed by atoms with Gasteiger partial charge in [-0.2, -0.15) is 0 Å². The molecule has 0 aliphatic carbocycles. The normalized spacial score (nSPS) is 18.6. The summed E-state index contributed by atoms with van der Waals surface area (Å²) < 4.78 is 31.5. The van der Waals surface area contributed by atoms with Crippen LogP contribution in [0.4, 0.5) is 9.59 Å². The van der Waals surface area contributed by atoms with Crippen molar-refractivity contribution in [1.82, 2.24) is 35.4 Å². The third-order valence-corrected chi connectivity index (χ3v) is 11.4. The number of likely N-dealkylation sites (tertiary alicyclic amines) is 1. The first-order valence-electron chi connectivity index (χ1n) is 19.0. The number of benzene rings is 1. The van der Waals surface area contributed by atoms with E-state index in [0.29, 0.717) is 19.5 Å². The minimum atomic E-state index is -3.58. The highest BCUT2D eigenvalue weighted by molar-refractivity contribution is 7.88. The van der Waals surface area contributed by atoms with Gasteiger partial charge in [0.05, 0.1) is 18.8 Å². The van der Waals surface area contributed by atoms with Crippen molar-refractivity contribution in [1.29, 1.82) is 0 Å². The second-order valence-corrected chi connectivity index (χ2v) is 18.8. The van der Waals surface area contributed by atoms with Gasteiger partial charge in [-0.15, -0.1) is 18.9 Å². The lowest BCUT2D eigenvalue weighted by Crippen LogP contribution is -2.62. The lowest BCUT2D eigenvalue weighted by Gasteiger charge is -2.37. The number of nitrogens with zero attached hydrogens (tertiary/aromatic N) is 3. The van der Waals surface area contributed by atoms with Crippen LogP contribution in [0.15, 0.2) is 36.9 Å². The number of carbonyl (C=O) groups is 6. The molecule has 16 nitrogen and oxygen atoms in total. The van der Waals surface area contributed by atoms with E-state index in [0.717, 1.165) is 21.7 Å². The van der Waals surface area contributed by atoms with Crippen LogP contribution in [0.5, 0.6) is 0 Å². The van der Waals surface area contributed by atoms with Crippen molar-refractivity contribution in [3.8, 4) is 12.3 Å². The van der Waals surface area contributed by atoms with E-state index in [1.165, 1.54) is 18.0 Å². The smallest absolute Gasteiger partial charge is 0.410 e. The number of likely N-dealkylation sites (N-methyl/N-ethyl adjacent to an activating group) is 1. The summed E-state index contributed by atoms with van der Waals surface area (Å²) >= 11 is 0. The molecule has 1 aromatic rings. The number of fused-ring (bicyclic) bond motifs is 1. The van der Waals surface area contributed by atoms with Gasteiger partial charge in [0.15, 0.2) is 0 Å². The van der Waals surface area contributed by atoms with Gasteiger partial charge in [0.1, 0.15) is 18.2 Å². The summed E-state index contributed by atoms with van der Waals surface area (Å²) in [4.78, 5) is 84.4. The predicted molar refractivity (Wildman–Crippen MR) is 215 cm³/mol. The Morgan fingerprint density at radius 2 is 1.68 bits per heavy atom. The molecule has 4 N–H and O–H groups in total. The number of ketones is 1. The molecule has 1 saturated heterocycles. The molecule has 17 heteroatoms. The maximum atomic E-state index is 14.6. The molecule has 0 radical (unpaired) electrons. The van der Waals surface area contributed by atoms with Crippen LogP contribution in [0.2, 0.25) is 0 Å². The van der Waals surface area contributed by atoms with Gasteiger partial charge < -0.3 is 35.8 Å². The van der Waals surface area contributed by atoms with Gasteiger partial charge in [0.2, 0.25) is 27.6 Å². The Morgan fingerprint density at radius 1 is 1.04 bits per heavy atom. The molecule has 2 aliphatic rings. The molecule has 57 heavy (non-hydrogen) atoms. The summed E-state index contributed by atoms with van der Waals surface area (Å²) in [5, 5.41) is 10.6. The number of terminal acetylenes is 1. The van der Waals surface area contributed by atoms with Crippen LogP contribution in [0, 0.1) is 23.2 Å². The molecular weight excluding hydrogens is 755 g/mol. The average molecular weight is 814 g/mol. The van der Waals surface area contributed by atoms with Crippen molar-refractivity contribution in [2.45, 2.75) is 104 Å². The standard InChI is InChI=1S/C40H59N7O9S/c1-11-13-18-29(32(48)35(50)41-20-12-2)42-34(49)30-22-28(56-38(53)46-21-19-26-16-14-15-17-27(26)23-46)24-47(30)36(51)33(40(6,7)8)44-37(52)43-31(39(3,4)5)25-45(9)57(10,54)55/h1,12,14-17,28-31,33H,2,13,18-25H2,3-10H3,(H,41,50)(H,42,49)(H2,43,44,52)/t28-,29?,30+,31?,33?/m1/s1. The summed E-state index contributed by atoms with van der Waals surface area (Å²) in [6.07, 6.45) is 6.81. The minimum absolute atomic E-state index is 0.0145. The topological polar surface area (TPSA) is 204 Å². The quantitative estimate of drug-likeness (QED) is 0.116. The summed E-state index contributed by atoms with van der Waals surface area (Å²) in [6.45, 7) is 14.7. The summed E-state index contributed by atoms with van der Waals surface area (Å²) in [6, 6.07) is 2.49. The van der Waals surface area contributed by atoms with Crippen LogP contribution in [0.3, 0.4) is 0 Å². The summed E-state index contributed by atoms with van der Waals surface area (Å²) in [7, 11) is -2.17. The minimum Gasteiger partial charge on any atom is -0.444 e. The highest BCUT2D eigenvalue weighted by atomic mass is 32.2. The van der Waals surface area contributed by atoms with Gasteiger partial charge in [-0.05, 0) is 34.8 Å². The summed E-state index contributed by atoms with van der Waals surface area (Å²) in [5.41, 5.74) is 0.582.